The van der Waals surface area contributed by atoms with E-state index in [2.05, 4.69) is 10.6 Å². The van der Waals surface area contributed by atoms with E-state index in [0.717, 1.165) is 0 Å². The fourth-order valence-electron chi connectivity index (χ4n) is 0.636. The van der Waals surface area contributed by atoms with Crippen LogP contribution in [0.3, 0.4) is 0 Å². The van der Waals surface area contributed by atoms with Gasteiger partial charge in [-0.25, -0.2) is 4.79 Å². The molecule has 1 heterocycles. The highest BCUT2D eigenvalue weighted by atomic mass is 32.1. The molecule has 6 N–H and O–H groups in total. The van der Waals surface area contributed by atoms with E-state index in [0.29, 0.717) is 0 Å². The van der Waals surface area contributed by atoms with Gasteiger partial charge in [0.15, 0.2) is 0 Å². The molecule has 1 fully saturated rings. The second kappa shape index (κ2) is 2.49. The second-order valence-corrected chi connectivity index (χ2v) is 2.45. The molecule has 10 heavy (non-hydrogen) atoms. The molecule has 0 aromatic heterocycles. The molecular formula is C4H8N4OS. The van der Waals surface area contributed by atoms with Crippen LogP contribution in [-0.2, 0) is 0 Å². The number of carbonyl (C=O) groups excluding carboxylic acids is 1. The first-order valence-electron chi connectivity index (χ1n) is 2.74. The summed E-state index contributed by atoms with van der Waals surface area (Å²) in [5.74, 6) is 0. The molecule has 1 aliphatic heterocycles. The van der Waals surface area contributed by atoms with E-state index in [-0.39, 0.29) is 11.0 Å². The predicted molar refractivity (Wildman–Crippen MR) is 40.2 cm³/mol. The van der Waals surface area contributed by atoms with Gasteiger partial charge in [-0.1, -0.05) is 12.2 Å². The Hall–Kier alpha value is -0.720. The monoisotopic (exact) mass is 160 g/mol. The first kappa shape index (κ1) is 7.39. The van der Waals surface area contributed by atoms with Gasteiger partial charge >= 0.3 is 6.03 Å². The van der Waals surface area contributed by atoms with Crippen LogP contribution in [-0.4, -0.2) is 23.2 Å². The molecule has 0 aliphatic carbocycles. The number of nitrogens with one attached hydrogen (secondary N) is 2. The summed E-state index contributed by atoms with van der Waals surface area (Å²) in [4.78, 5) is 10.9. The van der Waals surface area contributed by atoms with Crippen LogP contribution in [0.2, 0.25) is 0 Å². The Morgan fingerprint density at radius 2 is 2.10 bits per heavy atom. The molecule has 0 spiro atoms. The zero-order chi connectivity index (χ0) is 7.72. The minimum atomic E-state index is -0.568. The van der Waals surface area contributed by atoms with Crippen LogP contribution in [0.4, 0.5) is 4.79 Å². The van der Waals surface area contributed by atoms with Gasteiger partial charge in [0, 0.05) is 0 Å². The van der Waals surface area contributed by atoms with E-state index < -0.39 is 12.2 Å². The minimum Gasteiger partial charge on any atom is -0.321 e. The van der Waals surface area contributed by atoms with Crippen molar-refractivity contribution in [1.29, 1.82) is 0 Å². The number of nitrogens with two attached hydrogens (primary N) is 2. The van der Waals surface area contributed by atoms with Crippen LogP contribution in [0.5, 0.6) is 0 Å². The van der Waals surface area contributed by atoms with Crippen molar-refractivity contribution in [3.8, 4) is 0 Å². The van der Waals surface area contributed by atoms with Gasteiger partial charge in [-0.2, -0.15) is 0 Å². The molecule has 56 valence electrons. The number of carbonyl (C=O) groups is 1. The molecule has 0 radical (unpaired) electrons. The third-order valence-corrected chi connectivity index (χ3v) is 1.60. The van der Waals surface area contributed by atoms with Gasteiger partial charge < -0.3 is 22.1 Å². The third kappa shape index (κ3) is 1.23. The Labute approximate surface area is 63.1 Å². The van der Waals surface area contributed by atoms with Crippen LogP contribution < -0.4 is 22.1 Å². The summed E-state index contributed by atoms with van der Waals surface area (Å²) in [6, 6.07) is -0.869. The van der Waals surface area contributed by atoms with E-state index in [1.54, 1.807) is 0 Å². The Morgan fingerprint density at radius 1 is 1.50 bits per heavy atom. The van der Waals surface area contributed by atoms with Gasteiger partial charge in [-0.05, 0) is 0 Å². The molecular weight excluding hydrogens is 152 g/mol. The minimum absolute atomic E-state index is 0.288. The lowest BCUT2D eigenvalue weighted by molar-refractivity contribution is 0.238. The molecule has 0 aromatic rings. The van der Waals surface area contributed by atoms with Gasteiger partial charge in [0.1, 0.15) is 11.2 Å². The van der Waals surface area contributed by atoms with Gasteiger partial charge in [-0.3, -0.25) is 0 Å². The summed E-state index contributed by atoms with van der Waals surface area (Å²) < 4.78 is 0. The van der Waals surface area contributed by atoms with Crippen LogP contribution in [0, 0.1) is 0 Å². The van der Waals surface area contributed by atoms with Crippen molar-refractivity contribution in [3.05, 3.63) is 0 Å². The van der Waals surface area contributed by atoms with E-state index in [1.165, 1.54) is 0 Å². The number of thiocarbonyl (C=S) groups is 1. The molecule has 0 saturated carbocycles. The summed E-state index contributed by atoms with van der Waals surface area (Å²) in [7, 11) is 0. The zero-order valence-corrected chi connectivity index (χ0v) is 5.94. The summed E-state index contributed by atoms with van der Waals surface area (Å²) in [5.41, 5.74) is 10.8. The van der Waals surface area contributed by atoms with Crippen molar-refractivity contribution in [1.82, 2.24) is 10.6 Å². The summed E-state index contributed by atoms with van der Waals surface area (Å²) in [5, 5.41) is 4.71. The highest BCUT2D eigenvalue weighted by Crippen LogP contribution is 1.91. The van der Waals surface area contributed by atoms with E-state index in [4.69, 9.17) is 23.7 Å². The van der Waals surface area contributed by atoms with Crippen molar-refractivity contribution in [2.45, 2.75) is 12.2 Å². The fraction of sp³-hybridized carbons (Fsp3) is 0.500. The summed E-state index contributed by atoms with van der Waals surface area (Å²) >= 11 is 4.71. The largest absolute Gasteiger partial charge is 0.321 e. The van der Waals surface area contributed by atoms with Crippen LogP contribution in [0.1, 0.15) is 0 Å². The smallest absolute Gasteiger partial charge is 0.320 e. The van der Waals surface area contributed by atoms with Gasteiger partial charge in [0.25, 0.3) is 0 Å². The number of amides is 2. The van der Waals surface area contributed by atoms with Crippen molar-refractivity contribution >= 4 is 23.2 Å². The Balaban J connectivity index is 2.66. The number of rotatable bonds is 0. The number of hydrogen-bond acceptors (Lipinski definition) is 4. The van der Waals surface area contributed by atoms with E-state index in [9.17, 15) is 4.79 Å². The Morgan fingerprint density at radius 3 is 2.60 bits per heavy atom. The second-order valence-electron chi connectivity index (χ2n) is 2.01. The molecule has 2 unspecified atom stereocenters. The predicted octanol–water partition coefficient (Wildman–Crippen LogP) is -1.76. The highest BCUT2D eigenvalue weighted by molar-refractivity contribution is 7.80. The van der Waals surface area contributed by atoms with Crippen LogP contribution in [0.15, 0.2) is 0 Å². The van der Waals surface area contributed by atoms with Gasteiger partial charge in [-0.15, -0.1) is 0 Å². The number of hydrogen-bond donors (Lipinski definition) is 4. The molecule has 5 nitrogen and oxygen atoms in total. The lowest BCUT2D eigenvalue weighted by Crippen LogP contribution is -2.67. The van der Waals surface area contributed by atoms with Crippen molar-refractivity contribution in [3.63, 3.8) is 0 Å². The molecule has 1 aliphatic rings. The molecule has 1 rings (SSSR count). The molecule has 0 aromatic carbocycles. The van der Waals surface area contributed by atoms with Crippen molar-refractivity contribution in [2.75, 3.05) is 0 Å². The van der Waals surface area contributed by atoms with E-state index >= 15 is 0 Å². The topological polar surface area (TPSA) is 93.2 Å². The van der Waals surface area contributed by atoms with Crippen LogP contribution in [0.25, 0.3) is 0 Å². The maximum atomic E-state index is 10.6. The normalized spacial score (nSPS) is 33.0. The Kier molecular flexibility index (Phi) is 1.84. The fourth-order valence-corrected chi connectivity index (χ4v) is 0.875. The molecule has 2 amide bonds. The number of urea groups is 1. The zero-order valence-electron chi connectivity index (χ0n) is 5.13. The highest BCUT2D eigenvalue weighted by Gasteiger charge is 2.26. The first-order valence-corrected chi connectivity index (χ1v) is 3.14. The quantitative estimate of drug-likeness (QED) is 0.316. The lowest BCUT2D eigenvalue weighted by atomic mass is 10.2. The maximum Gasteiger partial charge on any atom is 0.320 e. The van der Waals surface area contributed by atoms with Crippen molar-refractivity contribution in [2.24, 2.45) is 11.5 Å². The maximum absolute atomic E-state index is 10.6. The summed E-state index contributed by atoms with van der Waals surface area (Å²) in [6.45, 7) is 0. The van der Waals surface area contributed by atoms with Gasteiger partial charge in [0.05, 0.1) is 6.04 Å². The van der Waals surface area contributed by atoms with Gasteiger partial charge in [0.2, 0.25) is 0 Å². The van der Waals surface area contributed by atoms with Crippen LogP contribution >= 0.6 is 12.2 Å². The third-order valence-electron chi connectivity index (χ3n) is 1.22. The SMILES string of the molecule is NC1NC(=O)NC(=S)C1N. The standard InChI is InChI=1S/C4H8N4OS/c5-1-2(6)7-4(9)8-3(1)10/h1-2H,5-6H2,(H2,7,8,9,10). The van der Waals surface area contributed by atoms with E-state index in [1.807, 2.05) is 0 Å². The molecule has 0 bridgehead atoms. The average molecular weight is 160 g/mol. The molecule has 1 saturated heterocycles. The first-order chi connectivity index (χ1) is 4.61. The lowest BCUT2D eigenvalue weighted by Gasteiger charge is -2.27. The average Bonchev–Trinajstić information content (AvgIpc) is 1.82. The van der Waals surface area contributed by atoms with Crippen molar-refractivity contribution < 1.29 is 4.79 Å². The summed E-state index contributed by atoms with van der Waals surface area (Å²) in [6.07, 6.45) is -0.568. The molecule has 2 atom stereocenters. The Bertz CT molecular complexity index is 182. The molecule has 6 heteroatoms.